The zero-order valence-electron chi connectivity index (χ0n) is 36.1. The summed E-state index contributed by atoms with van der Waals surface area (Å²) in [6.07, 6.45) is 44.4. The molecule has 0 aromatic carbocycles. The van der Waals surface area contributed by atoms with Gasteiger partial charge in [-0.3, -0.25) is 18.6 Å². The van der Waals surface area contributed by atoms with Gasteiger partial charge in [0.1, 0.15) is 19.8 Å². The van der Waals surface area contributed by atoms with Crippen LogP contribution in [0.2, 0.25) is 0 Å². The van der Waals surface area contributed by atoms with Crippen LogP contribution in [0, 0.1) is 0 Å². The SMILES string of the molecule is CC/C=C\C/C=C\C/C=C\CCCCCCCC(=O)O[C@H](COC(=O)CCC/C=C\C/C=C\C/C=C\C/C=C\CC[C@@H](O)CC)COP(=O)(O)OCC[N+](C)(C)C. The number of nitrogens with zero attached hydrogens (tertiary/aromatic N) is 1. The Morgan fingerprint density at radius 1 is 0.614 bits per heavy atom. The van der Waals surface area contributed by atoms with Crippen molar-refractivity contribution in [2.45, 2.75) is 148 Å². The molecule has 0 fully saturated rings. The van der Waals surface area contributed by atoms with Crippen molar-refractivity contribution >= 4 is 19.8 Å². The summed E-state index contributed by atoms with van der Waals surface area (Å²) in [6.45, 7) is 3.90. The number of carbonyl (C=O) groups is 2. The number of allylic oxidation sites excluding steroid dienone is 14. The highest BCUT2D eigenvalue weighted by Crippen LogP contribution is 2.43. The second-order valence-corrected chi connectivity index (χ2v) is 16.6. The van der Waals surface area contributed by atoms with E-state index in [4.69, 9.17) is 18.5 Å². The Morgan fingerprint density at radius 3 is 1.67 bits per heavy atom. The largest absolute Gasteiger partial charge is 0.472 e. The number of unbranched alkanes of at least 4 members (excludes halogenated alkanes) is 6. The number of aliphatic hydroxyl groups excluding tert-OH is 1. The lowest BCUT2D eigenvalue weighted by Gasteiger charge is -2.24. The van der Waals surface area contributed by atoms with Gasteiger partial charge in [-0.15, -0.1) is 0 Å². The Kier molecular flexibility index (Phi) is 35.6. The molecule has 0 saturated heterocycles. The zero-order chi connectivity index (χ0) is 42.3. The van der Waals surface area contributed by atoms with Gasteiger partial charge in [0.2, 0.25) is 0 Å². The molecule has 0 aliphatic carbocycles. The van der Waals surface area contributed by atoms with Gasteiger partial charge in [-0.05, 0) is 89.9 Å². The molecule has 1 unspecified atom stereocenters. The number of hydrogen-bond donors (Lipinski definition) is 2. The van der Waals surface area contributed by atoms with Gasteiger partial charge in [0.05, 0.1) is 33.9 Å². The van der Waals surface area contributed by atoms with Gasteiger partial charge in [0, 0.05) is 12.8 Å². The van der Waals surface area contributed by atoms with Crippen molar-refractivity contribution in [3.8, 4) is 0 Å². The lowest BCUT2D eigenvalue weighted by molar-refractivity contribution is -0.870. The van der Waals surface area contributed by atoms with Crippen LogP contribution in [-0.4, -0.2) is 86.1 Å². The topological polar surface area (TPSA) is 129 Å². The van der Waals surface area contributed by atoms with E-state index >= 15 is 0 Å². The summed E-state index contributed by atoms with van der Waals surface area (Å²) < 4.78 is 34.2. The number of ether oxygens (including phenoxy) is 2. The zero-order valence-corrected chi connectivity index (χ0v) is 37.0. The number of quaternary nitrogens is 1. The first-order valence-corrected chi connectivity index (χ1v) is 22.9. The van der Waals surface area contributed by atoms with Crippen molar-refractivity contribution in [3.63, 3.8) is 0 Å². The quantitative estimate of drug-likeness (QED) is 0.0207. The molecule has 0 aliphatic rings. The minimum absolute atomic E-state index is 0.00894. The molecule has 0 saturated carbocycles. The van der Waals surface area contributed by atoms with E-state index in [0.717, 1.165) is 96.3 Å². The Morgan fingerprint density at radius 2 is 1.11 bits per heavy atom. The van der Waals surface area contributed by atoms with Crippen LogP contribution in [0.4, 0.5) is 0 Å². The molecule has 326 valence electrons. The van der Waals surface area contributed by atoms with Crippen LogP contribution in [0.15, 0.2) is 85.1 Å². The number of carbonyl (C=O) groups excluding carboxylic acids is 2. The van der Waals surface area contributed by atoms with E-state index < -0.39 is 32.5 Å². The van der Waals surface area contributed by atoms with Gasteiger partial charge < -0.3 is 24.0 Å². The number of aliphatic hydroxyl groups is 1. The van der Waals surface area contributed by atoms with E-state index in [9.17, 15) is 24.2 Å². The summed E-state index contributed by atoms with van der Waals surface area (Å²) in [5.74, 6) is -0.913. The van der Waals surface area contributed by atoms with Gasteiger partial charge in [-0.2, -0.15) is 0 Å². The molecule has 2 N–H and O–H groups in total. The minimum atomic E-state index is -4.40. The Labute approximate surface area is 346 Å². The van der Waals surface area contributed by atoms with Crippen LogP contribution < -0.4 is 0 Å². The molecule has 0 amide bonds. The number of esters is 2. The second kappa shape index (κ2) is 37.4. The second-order valence-electron chi connectivity index (χ2n) is 15.1. The maximum atomic E-state index is 12.7. The molecule has 3 atom stereocenters. The maximum Gasteiger partial charge on any atom is 0.472 e. The molecule has 57 heavy (non-hydrogen) atoms. The molecular formula is C46H79NO9P+. The average molecular weight is 821 g/mol. The van der Waals surface area contributed by atoms with Crippen LogP contribution in [0.25, 0.3) is 0 Å². The number of phosphoric acid groups is 1. The molecule has 10 nitrogen and oxygen atoms in total. The van der Waals surface area contributed by atoms with Crippen molar-refractivity contribution in [2.75, 3.05) is 47.5 Å². The highest BCUT2D eigenvalue weighted by atomic mass is 31.2. The normalized spacial score (nSPS) is 15.0. The van der Waals surface area contributed by atoms with Crippen molar-refractivity contribution in [3.05, 3.63) is 85.1 Å². The van der Waals surface area contributed by atoms with Crippen molar-refractivity contribution in [1.82, 2.24) is 0 Å². The van der Waals surface area contributed by atoms with Crippen molar-refractivity contribution < 1.29 is 47.2 Å². The summed E-state index contributed by atoms with van der Waals surface area (Å²) in [5.41, 5.74) is 0. The van der Waals surface area contributed by atoms with Gasteiger partial charge in [-0.25, -0.2) is 4.57 Å². The predicted molar refractivity (Wildman–Crippen MR) is 235 cm³/mol. The third-order valence-corrected chi connectivity index (χ3v) is 9.56. The summed E-state index contributed by atoms with van der Waals surface area (Å²) in [7, 11) is 1.40. The van der Waals surface area contributed by atoms with E-state index in [1.54, 1.807) is 0 Å². The standard InChI is InChI=1S/C46H78NO9P/c1-6-8-9-10-11-12-13-14-15-20-23-26-29-32-35-38-46(50)56-44(42-55-57(51,52)54-40-39-47(3,4)5)41-53-45(49)37-34-31-28-25-22-19-17-16-18-21-24-27-30-33-36-43(48)7-2/h8-9,11-12,14-15,17-19,21,25,27-28,30,43-44,48H,6-7,10,13,16,20,22-24,26,29,31-42H2,1-5H3/p+1/b9-8-,12-11-,15-14-,19-17-,21-18-,28-25-,30-27-/t43-,44+/m0/s1. The molecule has 0 aliphatic heterocycles. The van der Waals surface area contributed by atoms with Crippen LogP contribution >= 0.6 is 7.82 Å². The molecule has 0 spiro atoms. The number of hydrogen-bond acceptors (Lipinski definition) is 8. The van der Waals surface area contributed by atoms with E-state index in [1.807, 2.05) is 34.1 Å². The molecule has 0 aromatic rings. The van der Waals surface area contributed by atoms with E-state index in [-0.39, 0.29) is 32.2 Å². The number of phosphoric ester groups is 1. The molecule has 11 heteroatoms. The predicted octanol–water partition coefficient (Wildman–Crippen LogP) is 11.0. The van der Waals surface area contributed by atoms with Crippen LogP contribution in [0.3, 0.4) is 0 Å². The lowest BCUT2D eigenvalue weighted by Crippen LogP contribution is -2.37. The average Bonchev–Trinajstić information content (AvgIpc) is 3.16. The van der Waals surface area contributed by atoms with Crippen LogP contribution in [0.1, 0.15) is 136 Å². The lowest BCUT2D eigenvalue weighted by atomic mass is 10.1. The molecule has 0 rings (SSSR count). The molecular weight excluding hydrogens is 741 g/mol. The Bertz CT molecular complexity index is 1260. The minimum Gasteiger partial charge on any atom is -0.462 e. The fraction of sp³-hybridized carbons (Fsp3) is 0.652. The van der Waals surface area contributed by atoms with Gasteiger partial charge >= 0.3 is 19.8 Å². The summed E-state index contributed by atoms with van der Waals surface area (Å²) in [4.78, 5) is 35.3. The number of likely N-dealkylation sites (N-methyl/N-ethyl adjacent to an activating group) is 1. The smallest absolute Gasteiger partial charge is 0.462 e. The summed E-state index contributed by atoms with van der Waals surface area (Å²) >= 11 is 0. The molecule has 0 radical (unpaired) electrons. The Hall–Kier alpha value is -2.85. The van der Waals surface area contributed by atoms with Crippen molar-refractivity contribution in [2.24, 2.45) is 0 Å². The third kappa shape index (κ3) is 41.1. The molecule has 0 bridgehead atoms. The fourth-order valence-corrected chi connectivity index (χ4v) is 5.80. The highest BCUT2D eigenvalue weighted by Gasteiger charge is 2.27. The number of rotatable bonds is 37. The Balaban J connectivity index is 4.52. The monoisotopic (exact) mass is 821 g/mol. The molecule has 0 aromatic heterocycles. The van der Waals surface area contributed by atoms with Crippen molar-refractivity contribution in [1.29, 1.82) is 0 Å². The first-order valence-electron chi connectivity index (χ1n) is 21.4. The van der Waals surface area contributed by atoms with Crippen LogP contribution in [0.5, 0.6) is 0 Å². The maximum absolute atomic E-state index is 12.7. The first-order chi connectivity index (χ1) is 27.4. The fourth-order valence-electron chi connectivity index (χ4n) is 5.06. The summed E-state index contributed by atoms with van der Waals surface area (Å²) in [6, 6.07) is 0. The molecule has 0 heterocycles. The third-order valence-electron chi connectivity index (χ3n) is 8.57. The van der Waals surface area contributed by atoms with Gasteiger partial charge in [0.15, 0.2) is 6.10 Å². The first kappa shape index (κ1) is 54.2. The van der Waals surface area contributed by atoms with E-state index in [1.165, 1.54) is 0 Å². The highest BCUT2D eigenvalue weighted by molar-refractivity contribution is 7.47. The van der Waals surface area contributed by atoms with E-state index in [2.05, 4.69) is 85.9 Å². The van der Waals surface area contributed by atoms with Crippen LogP contribution in [-0.2, 0) is 32.7 Å². The van der Waals surface area contributed by atoms with Gasteiger partial charge in [0.25, 0.3) is 0 Å². The van der Waals surface area contributed by atoms with E-state index in [0.29, 0.717) is 23.9 Å². The van der Waals surface area contributed by atoms with Gasteiger partial charge in [-0.1, -0.05) is 118 Å². The summed E-state index contributed by atoms with van der Waals surface area (Å²) in [5, 5.41) is 9.56.